The number of anilines is 1. The number of benzene rings is 1. The molecular formula is C19H22N2O4S. The summed E-state index contributed by atoms with van der Waals surface area (Å²) in [6.07, 6.45) is 4.70. The summed E-state index contributed by atoms with van der Waals surface area (Å²) in [5.74, 6) is -0.366. The Kier molecular flexibility index (Phi) is 4.77. The van der Waals surface area contributed by atoms with Gasteiger partial charge in [-0.25, -0.2) is 13.1 Å². The minimum absolute atomic E-state index is 0.00372. The van der Waals surface area contributed by atoms with Crippen molar-refractivity contribution in [3.8, 4) is 0 Å². The first-order valence-corrected chi connectivity index (χ1v) is 9.87. The maximum absolute atomic E-state index is 12.9. The van der Waals surface area contributed by atoms with Gasteiger partial charge in [-0.2, -0.15) is 0 Å². The molecule has 1 amide bonds. The lowest BCUT2D eigenvalue weighted by Gasteiger charge is -2.21. The molecule has 1 aromatic carbocycles. The summed E-state index contributed by atoms with van der Waals surface area (Å²) in [6.45, 7) is 5.71. The summed E-state index contributed by atoms with van der Waals surface area (Å²) in [4.78, 5) is 14.5. The molecule has 0 fully saturated rings. The van der Waals surface area contributed by atoms with Crippen LogP contribution in [0.25, 0.3) is 6.08 Å². The maximum Gasteiger partial charge on any atom is 0.294 e. The number of nitrogens with zero attached hydrogens (tertiary/aromatic N) is 1. The molecular weight excluding hydrogens is 352 g/mol. The summed E-state index contributed by atoms with van der Waals surface area (Å²) in [6, 6.07) is 10.3. The summed E-state index contributed by atoms with van der Waals surface area (Å²) in [7, 11) is -3.83. The van der Waals surface area contributed by atoms with E-state index in [0.29, 0.717) is 13.0 Å². The van der Waals surface area contributed by atoms with Gasteiger partial charge in [-0.15, -0.1) is 0 Å². The highest BCUT2D eigenvalue weighted by molar-refractivity contribution is 7.89. The van der Waals surface area contributed by atoms with Gasteiger partial charge in [0.15, 0.2) is 5.76 Å². The van der Waals surface area contributed by atoms with Crippen LogP contribution in [-0.2, 0) is 10.0 Å². The molecule has 0 bridgehead atoms. The lowest BCUT2D eigenvalue weighted by molar-refractivity contribution is 0.0955. The number of rotatable bonds is 3. The molecule has 7 heteroatoms. The van der Waals surface area contributed by atoms with Crippen molar-refractivity contribution in [2.75, 3.05) is 11.4 Å². The van der Waals surface area contributed by atoms with E-state index in [-0.39, 0.29) is 16.8 Å². The van der Waals surface area contributed by atoms with Crippen LogP contribution in [-0.4, -0.2) is 26.4 Å². The highest BCUT2D eigenvalue weighted by atomic mass is 32.2. The monoisotopic (exact) mass is 374 g/mol. The molecule has 0 unspecified atom stereocenters. The third kappa shape index (κ3) is 3.89. The Morgan fingerprint density at radius 2 is 1.88 bits per heavy atom. The zero-order valence-electron chi connectivity index (χ0n) is 15.0. The van der Waals surface area contributed by atoms with Crippen LogP contribution in [0.4, 0.5) is 5.69 Å². The van der Waals surface area contributed by atoms with E-state index in [2.05, 4.69) is 4.72 Å². The normalized spacial score (nSPS) is 14.8. The fraction of sp³-hybridized carbons (Fsp3) is 0.316. The van der Waals surface area contributed by atoms with Crippen molar-refractivity contribution in [2.24, 2.45) is 0 Å². The van der Waals surface area contributed by atoms with Crippen molar-refractivity contribution >= 4 is 27.7 Å². The first kappa shape index (κ1) is 18.4. The molecule has 0 radical (unpaired) electrons. The molecule has 0 spiro atoms. The van der Waals surface area contributed by atoms with Crippen LogP contribution in [0.2, 0.25) is 0 Å². The van der Waals surface area contributed by atoms with Crippen molar-refractivity contribution in [1.82, 2.24) is 4.72 Å². The number of hydrogen-bond acceptors (Lipinski definition) is 4. The Hall–Kier alpha value is -2.38. The molecule has 6 nitrogen and oxygen atoms in total. The van der Waals surface area contributed by atoms with Gasteiger partial charge in [0.2, 0.25) is 5.09 Å². The first-order chi connectivity index (χ1) is 12.2. The molecule has 0 atom stereocenters. The molecule has 1 aliphatic rings. The maximum atomic E-state index is 12.9. The third-order valence-electron chi connectivity index (χ3n) is 3.79. The van der Waals surface area contributed by atoms with Gasteiger partial charge in [0, 0.05) is 12.1 Å². The largest absolute Gasteiger partial charge is 0.438 e. The molecule has 1 aromatic heterocycles. The quantitative estimate of drug-likeness (QED) is 0.893. The highest BCUT2D eigenvalue weighted by Gasteiger charge is 2.28. The van der Waals surface area contributed by atoms with Crippen molar-refractivity contribution in [2.45, 2.75) is 37.8 Å². The first-order valence-electron chi connectivity index (χ1n) is 8.39. The number of para-hydroxylation sites is 1. The van der Waals surface area contributed by atoms with Crippen LogP contribution in [0.5, 0.6) is 0 Å². The molecule has 1 N–H and O–H groups in total. The predicted molar refractivity (Wildman–Crippen MR) is 101 cm³/mol. The number of fused-ring (bicyclic) bond motifs is 1. The molecule has 0 saturated carbocycles. The van der Waals surface area contributed by atoms with Crippen LogP contribution in [0.15, 0.2) is 52.0 Å². The molecule has 2 aromatic rings. The van der Waals surface area contributed by atoms with E-state index < -0.39 is 15.6 Å². The van der Waals surface area contributed by atoms with Gasteiger partial charge in [-0.3, -0.25) is 4.79 Å². The SMILES string of the molecule is CC(C)(C)NS(=O)(=O)c1ccc(C(=O)N2CCC=Cc3ccccc32)o1. The van der Waals surface area contributed by atoms with Gasteiger partial charge >= 0.3 is 0 Å². The number of amides is 1. The predicted octanol–water partition coefficient (Wildman–Crippen LogP) is 3.42. The van der Waals surface area contributed by atoms with E-state index in [1.54, 1.807) is 25.7 Å². The molecule has 3 rings (SSSR count). The summed E-state index contributed by atoms with van der Waals surface area (Å²) >= 11 is 0. The summed E-state index contributed by atoms with van der Waals surface area (Å²) in [5.41, 5.74) is 1.07. The lowest BCUT2D eigenvalue weighted by Crippen LogP contribution is -2.40. The number of sulfonamides is 1. The fourth-order valence-electron chi connectivity index (χ4n) is 2.79. The van der Waals surface area contributed by atoms with Gasteiger partial charge in [-0.05, 0) is 51.0 Å². The third-order valence-corrected chi connectivity index (χ3v) is 5.42. The Morgan fingerprint density at radius 3 is 2.62 bits per heavy atom. The minimum atomic E-state index is -3.83. The Morgan fingerprint density at radius 1 is 1.15 bits per heavy atom. The molecule has 1 aliphatic heterocycles. The van der Waals surface area contributed by atoms with E-state index in [4.69, 9.17) is 4.42 Å². The van der Waals surface area contributed by atoms with Crippen molar-refractivity contribution in [3.05, 3.63) is 53.8 Å². The van der Waals surface area contributed by atoms with Gasteiger partial charge in [0.05, 0.1) is 5.69 Å². The van der Waals surface area contributed by atoms with Gasteiger partial charge in [-0.1, -0.05) is 30.4 Å². The Bertz CT molecular complexity index is 952. The Labute approximate surface area is 153 Å². The van der Waals surface area contributed by atoms with Crippen LogP contribution >= 0.6 is 0 Å². The van der Waals surface area contributed by atoms with Gasteiger partial charge in [0.1, 0.15) is 0 Å². The van der Waals surface area contributed by atoms with Gasteiger partial charge in [0.25, 0.3) is 15.9 Å². The number of furan rings is 1. The molecule has 0 aliphatic carbocycles. The second kappa shape index (κ2) is 6.74. The lowest BCUT2D eigenvalue weighted by atomic mass is 10.1. The van der Waals surface area contributed by atoms with E-state index in [1.807, 2.05) is 36.4 Å². The smallest absolute Gasteiger partial charge is 0.294 e. The zero-order chi connectivity index (χ0) is 18.9. The highest BCUT2D eigenvalue weighted by Crippen LogP contribution is 2.27. The van der Waals surface area contributed by atoms with Crippen molar-refractivity contribution in [3.63, 3.8) is 0 Å². The number of hydrogen-bond donors (Lipinski definition) is 1. The molecule has 2 heterocycles. The Balaban J connectivity index is 1.90. The second-order valence-corrected chi connectivity index (χ2v) is 8.79. The average Bonchev–Trinajstić information content (AvgIpc) is 2.95. The summed E-state index contributed by atoms with van der Waals surface area (Å²) in [5, 5.41) is -0.267. The molecule has 138 valence electrons. The number of carbonyl (C=O) groups is 1. The van der Waals surface area contributed by atoms with Crippen LogP contribution in [0.1, 0.15) is 43.3 Å². The zero-order valence-corrected chi connectivity index (χ0v) is 15.8. The topological polar surface area (TPSA) is 79.6 Å². The van der Waals surface area contributed by atoms with Crippen molar-refractivity contribution < 1.29 is 17.6 Å². The summed E-state index contributed by atoms with van der Waals surface area (Å²) < 4.78 is 32.7. The fourth-order valence-corrected chi connectivity index (χ4v) is 4.14. The van der Waals surface area contributed by atoms with Crippen molar-refractivity contribution in [1.29, 1.82) is 0 Å². The standard InChI is InChI=1S/C19H22N2O4S/c1-19(2,3)20-26(23,24)17-12-11-16(25-17)18(22)21-13-7-6-9-14-8-4-5-10-15(14)21/h4-6,8-12,20H,7,13H2,1-3H3. The van der Waals surface area contributed by atoms with E-state index in [9.17, 15) is 13.2 Å². The van der Waals surface area contributed by atoms with Crippen LogP contribution < -0.4 is 9.62 Å². The van der Waals surface area contributed by atoms with Crippen LogP contribution in [0, 0.1) is 0 Å². The van der Waals surface area contributed by atoms with E-state index >= 15 is 0 Å². The molecule has 0 saturated heterocycles. The minimum Gasteiger partial charge on any atom is -0.438 e. The van der Waals surface area contributed by atoms with Crippen LogP contribution in [0.3, 0.4) is 0 Å². The number of carbonyl (C=O) groups excluding carboxylic acids is 1. The molecule has 26 heavy (non-hydrogen) atoms. The van der Waals surface area contributed by atoms with E-state index in [1.165, 1.54) is 12.1 Å². The average molecular weight is 374 g/mol. The van der Waals surface area contributed by atoms with Gasteiger partial charge < -0.3 is 9.32 Å². The second-order valence-electron chi connectivity index (χ2n) is 7.18. The number of nitrogens with one attached hydrogen (secondary N) is 1. The van der Waals surface area contributed by atoms with E-state index in [0.717, 1.165) is 11.3 Å².